The van der Waals surface area contributed by atoms with Gasteiger partial charge in [-0.25, -0.2) is 4.79 Å². The number of anilines is 1. The second-order valence-electron chi connectivity index (χ2n) is 7.65. The number of amides is 1. The first-order valence-corrected chi connectivity index (χ1v) is 10.0. The highest BCUT2D eigenvalue weighted by atomic mass is 16.5. The van der Waals surface area contributed by atoms with Gasteiger partial charge in [-0.2, -0.15) is 0 Å². The molecule has 2 aromatic carbocycles. The largest absolute Gasteiger partial charge is 0.454 e. The number of esters is 1. The van der Waals surface area contributed by atoms with Crippen molar-refractivity contribution in [2.75, 3.05) is 11.9 Å². The molecule has 0 aliphatic rings. The number of carbonyl (C=O) groups is 3. The number of Topliss-reactive ketones (excluding diaryl/α,β-unsaturated/α-hetero) is 1. The molecule has 0 aliphatic heterocycles. The van der Waals surface area contributed by atoms with Crippen LogP contribution >= 0.6 is 0 Å². The lowest BCUT2D eigenvalue weighted by molar-refractivity contribution is -0.114. The smallest absolute Gasteiger partial charge is 0.338 e. The lowest BCUT2D eigenvalue weighted by atomic mass is 10.1. The molecule has 0 spiro atoms. The summed E-state index contributed by atoms with van der Waals surface area (Å²) >= 11 is 0. The maximum absolute atomic E-state index is 12.8. The standard InChI is InChI=1S/C25H26N2O4/c1-15-6-11-22(12-16(15)2)27-17(3)13-23(18(27)4)24(29)14-31-25(30)20-7-9-21(10-8-20)26-19(5)28/h6-13H,14H2,1-5H3,(H,26,28). The Bertz CT molecular complexity index is 1160. The molecule has 1 N–H and O–H groups in total. The number of carbonyl (C=O) groups excluding carboxylic acids is 3. The van der Waals surface area contributed by atoms with Crippen molar-refractivity contribution in [2.45, 2.75) is 34.6 Å². The Morgan fingerprint density at radius 3 is 2.19 bits per heavy atom. The van der Waals surface area contributed by atoms with Gasteiger partial charge in [0.15, 0.2) is 6.61 Å². The zero-order chi connectivity index (χ0) is 22.7. The third kappa shape index (κ3) is 4.91. The fraction of sp³-hybridized carbons (Fsp3) is 0.240. The third-order valence-electron chi connectivity index (χ3n) is 5.26. The normalized spacial score (nSPS) is 10.6. The number of rotatable bonds is 6. The van der Waals surface area contributed by atoms with E-state index in [9.17, 15) is 14.4 Å². The number of ketones is 1. The third-order valence-corrected chi connectivity index (χ3v) is 5.26. The van der Waals surface area contributed by atoms with Crippen molar-refractivity contribution < 1.29 is 19.1 Å². The van der Waals surface area contributed by atoms with Crippen molar-refractivity contribution in [1.82, 2.24) is 4.57 Å². The van der Waals surface area contributed by atoms with Crippen LogP contribution in [0.1, 0.15) is 50.2 Å². The number of ether oxygens (including phenoxy) is 1. The SMILES string of the molecule is CC(=O)Nc1ccc(C(=O)OCC(=O)c2cc(C)n(-c3ccc(C)c(C)c3)c2C)cc1. The molecule has 0 atom stereocenters. The number of aryl methyl sites for hydroxylation is 3. The predicted molar refractivity (Wildman–Crippen MR) is 120 cm³/mol. The highest BCUT2D eigenvalue weighted by molar-refractivity contribution is 6.00. The number of nitrogens with zero attached hydrogens (tertiary/aromatic N) is 1. The van der Waals surface area contributed by atoms with Crippen LogP contribution in [0, 0.1) is 27.7 Å². The van der Waals surface area contributed by atoms with Crippen molar-refractivity contribution in [3.63, 3.8) is 0 Å². The van der Waals surface area contributed by atoms with Gasteiger partial charge in [0.05, 0.1) is 5.56 Å². The molecule has 0 aliphatic carbocycles. The first-order valence-electron chi connectivity index (χ1n) is 10.0. The molecule has 1 amide bonds. The molecule has 31 heavy (non-hydrogen) atoms. The van der Waals surface area contributed by atoms with Crippen LogP contribution in [0.15, 0.2) is 48.5 Å². The molecule has 6 nitrogen and oxygen atoms in total. The van der Waals surface area contributed by atoms with E-state index < -0.39 is 5.97 Å². The summed E-state index contributed by atoms with van der Waals surface area (Å²) in [5, 5.41) is 2.63. The Hall–Kier alpha value is -3.67. The summed E-state index contributed by atoms with van der Waals surface area (Å²) in [4.78, 5) is 36.1. The van der Waals surface area contributed by atoms with Crippen LogP contribution in [0.3, 0.4) is 0 Å². The van der Waals surface area contributed by atoms with Crippen LogP contribution < -0.4 is 5.32 Å². The van der Waals surface area contributed by atoms with Gasteiger partial charge in [-0.1, -0.05) is 6.07 Å². The summed E-state index contributed by atoms with van der Waals surface area (Å²) < 4.78 is 7.25. The van der Waals surface area contributed by atoms with E-state index in [1.165, 1.54) is 18.1 Å². The minimum atomic E-state index is -0.592. The van der Waals surface area contributed by atoms with Crippen LogP contribution in [0.2, 0.25) is 0 Å². The van der Waals surface area contributed by atoms with Gasteiger partial charge in [-0.3, -0.25) is 9.59 Å². The summed E-state index contributed by atoms with van der Waals surface area (Å²) in [6, 6.07) is 14.3. The molecule has 3 aromatic rings. The average Bonchev–Trinajstić information content (AvgIpc) is 3.02. The Balaban J connectivity index is 1.71. The van der Waals surface area contributed by atoms with E-state index in [0.717, 1.165) is 17.1 Å². The van der Waals surface area contributed by atoms with Crippen molar-refractivity contribution in [3.05, 3.63) is 82.2 Å². The summed E-state index contributed by atoms with van der Waals surface area (Å²) in [6.45, 7) is 9.01. The summed E-state index contributed by atoms with van der Waals surface area (Å²) in [5.41, 5.74) is 6.54. The van der Waals surface area contributed by atoms with Gasteiger partial charge in [0.2, 0.25) is 11.7 Å². The van der Waals surface area contributed by atoms with Crippen molar-refractivity contribution in [1.29, 1.82) is 0 Å². The van der Waals surface area contributed by atoms with Crippen LogP contribution in [-0.2, 0) is 9.53 Å². The number of aromatic nitrogens is 1. The Labute approximate surface area is 181 Å². The maximum atomic E-state index is 12.8. The van der Waals surface area contributed by atoms with Gasteiger partial charge in [-0.05, 0) is 81.3 Å². The second kappa shape index (κ2) is 9.00. The van der Waals surface area contributed by atoms with Crippen molar-refractivity contribution in [3.8, 4) is 5.69 Å². The van der Waals surface area contributed by atoms with Crippen molar-refractivity contribution >= 4 is 23.3 Å². The lowest BCUT2D eigenvalue weighted by Gasteiger charge is -2.12. The number of benzene rings is 2. The van der Waals surface area contributed by atoms with E-state index in [-0.39, 0.29) is 18.3 Å². The van der Waals surface area contributed by atoms with Crippen LogP contribution in [0.25, 0.3) is 5.69 Å². The van der Waals surface area contributed by atoms with Gasteiger partial charge < -0.3 is 14.6 Å². The molecular weight excluding hydrogens is 392 g/mol. The molecule has 6 heteroatoms. The lowest BCUT2D eigenvalue weighted by Crippen LogP contribution is -2.15. The molecule has 0 radical (unpaired) electrons. The van der Waals surface area contributed by atoms with Crippen LogP contribution in [-0.4, -0.2) is 28.8 Å². The molecule has 0 fully saturated rings. The highest BCUT2D eigenvalue weighted by Crippen LogP contribution is 2.23. The van der Waals surface area contributed by atoms with E-state index in [1.807, 2.05) is 30.5 Å². The predicted octanol–water partition coefficient (Wildman–Crippen LogP) is 4.71. The minimum absolute atomic E-state index is 0.195. The summed E-state index contributed by atoms with van der Waals surface area (Å²) in [6.07, 6.45) is 0. The molecule has 1 aromatic heterocycles. The van der Waals surface area contributed by atoms with Gasteiger partial charge in [0, 0.05) is 35.2 Å². The number of nitrogens with one attached hydrogen (secondary N) is 1. The van der Waals surface area contributed by atoms with Gasteiger partial charge in [0.1, 0.15) is 0 Å². The Kier molecular flexibility index (Phi) is 6.39. The van der Waals surface area contributed by atoms with E-state index in [1.54, 1.807) is 24.3 Å². The molecule has 160 valence electrons. The molecule has 0 saturated heterocycles. The van der Waals surface area contributed by atoms with Gasteiger partial charge >= 0.3 is 5.97 Å². The fourth-order valence-electron chi connectivity index (χ4n) is 3.49. The second-order valence-corrected chi connectivity index (χ2v) is 7.65. The quantitative estimate of drug-likeness (QED) is 0.465. The van der Waals surface area contributed by atoms with E-state index >= 15 is 0 Å². The van der Waals surface area contributed by atoms with Crippen LogP contribution in [0.4, 0.5) is 5.69 Å². The van der Waals surface area contributed by atoms with Gasteiger partial charge in [0.25, 0.3) is 0 Å². The average molecular weight is 418 g/mol. The number of hydrogen-bond acceptors (Lipinski definition) is 4. The molecule has 3 rings (SSSR count). The van der Waals surface area contributed by atoms with E-state index in [0.29, 0.717) is 16.8 Å². The maximum Gasteiger partial charge on any atom is 0.338 e. The topological polar surface area (TPSA) is 77.4 Å². The summed E-state index contributed by atoms with van der Waals surface area (Å²) in [5.74, 6) is -1.04. The fourth-order valence-corrected chi connectivity index (χ4v) is 3.49. The zero-order valence-corrected chi connectivity index (χ0v) is 18.4. The van der Waals surface area contributed by atoms with E-state index in [2.05, 4.69) is 31.3 Å². The van der Waals surface area contributed by atoms with E-state index in [4.69, 9.17) is 4.74 Å². The highest BCUT2D eigenvalue weighted by Gasteiger charge is 2.19. The molecule has 1 heterocycles. The Morgan fingerprint density at radius 1 is 0.903 bits per heavy atom. The molecular formula is C25H26N2O4. The molecule has 0 unspecified atom stereocenters. The van der Waals surface area contributed by atoms with Crippen LogP contribution in [0.5, 0.6) is 0 Å². The molecule has 0 bridgehead atoms. The first-order chi connectivity index (χ1) is 14.7. The summed E-state index contributed by atoms with van der Waals surface area (Å²) in [7, 11) is 0. The number of hydrogen-bond donors (Lipinski definition) is 1. The molecule has 0 saturated carbocycles. The zero-order valence-electron chi connectivity index (χ0n) is 18.4. The van der Waals surface area contributed by atoms with Crippen molar-refractivity contribution in [2.24, 2.45) is 0 Å². The monoisotopic (exact) mass is 418 g/mol. The Morgan fingerprint density at radius 2 is 1.58 bits per heavy atom. The minimum Gasteiger partial charge on any atom is -0.454 e. The first kappa shape index (κ1) is 22.0. The van der Waals surface area contributed by atoms with Gasteiger partial charge in [-0.15, -0.1) is 0 Å².